The molecule has 0 unspecified atom stereocenters. The lowest BCUT2D eigenvalue weighted by Crippen LogP contribution is -2.58. The minimum atomic E-state index is -0.795. The zero-order chi connectivity index (χ0) is 28.1. The Morgan fingerprint density at radius 2 is 0.951 bits per heavy atom. The van der Waals surface area contributed by atoms with Gasteiger partial charge in [-0.3, -0.25) is 0 Å². The molecule has 1 fully saturated rings. The normalized spacial score (nSPS) is 22.3. The molecule has 0 saturated carbocycles. The molecule has 0 spiro atoms. The Kier molecular flexibility index (Phi) is 10.8. The molecule has 41 heavy (non-hydrogen) atoms. The van der Waals surface area contributed by atoms with Crippen LogP contribution in [0.25, 0.3) is 0 Å². The second-order valence-electron chi connectivity index (χ2n) is 10.1. The molecule has 1 aliphatic heterocycles. The van der Waals surface area contributed by atoms with Crippen molar-refractivity contribution in [1.82, 2.24) is 0 Å². The van der Waals surface area contributed by atoms with Gasteiger partial charge in [-0.05, 0) is 22.3 Å². The van der Waals surface area contributed by atoms with E-state index in [1.807, 2.05) is 121 Å². The molecule has 1 heterocycles. The molecule has 0 aliphatic carbocycles. The standard InChI is InChI=1S/C35H36O6/c36-21-31-33(38-23-28-15-7-2-8-16-28)32(26-37-22-27-13-5-1-6-14-27)41-35(40-25-30-19-11-4-12-20-30)34(31)39-24-29-17-9-3-10-18-29/h1-21,31-35H,22-26H2/t31-,32+,33+,34+,35+/m0/s1. The smallest absolute Gasteiger partial charge is 0.185 e. The average Bonchev–Trinajstić information content (AvgIpc) is 3.04. The van der Waals surface area contributed by atoms with Crippen LogP contribution in [-0.4, -0.2) is 37.5 Å². The van der Waals surface area contributed by atoms with Gasteiger partial charge in [0, 0.05) is 0 Å². The number of hydrogen-bond donors (Lipinski definition) is 0. The minimum Gasteiger partial charge on any atom is -0.374 e. The number of benzene rings is 4. The second-order valence-corrected chi connectivity index (χ2v) is 10.1. The van der Waals surface area contributed by atoms with Gasteiger partial charge in [0.1, 0.15) is 18.5 Å². The summed E-state index contributed by atoms with van der Waals surface area (Å²) in [5.74, 6) is -0.637. The SMILES string of the molecule is O=C[C@H]1[C@@H](OCc2ccccc2)[C@@H](COCc2ccccc2)O[C@@H](OCc2ccccc2)[C@@H]1OCc1ccccc1. The van der Waals surface area contributed by atoms with Gasteiger partial charge in [-0.1, -0.05) is 121 Å². The summed E-state index contributed by atoms with van der Waals surface area (Å²) >= 11 is 0. The molecule has 212 valence electrons. The van der Waals surface area contributed by atoms with E-state index in [1.54, 1.807) is 0 Å². The van der Waals surface area contributed by atoms with E-state index >= 15 is 0 Å². The third-order valence-electron chi connectivity index (χ3n) is 7.08. The fourth-order valence-electron chi connectivity index (χ4n) is 4.93. The summed E-state index contributed by atoms with van der Waals surface area (Å²) in [4.78, 5) is 12.8. The van der Waals surface area contributed by atoms with Crippen LogP contribution in [0.3, 0.4) is 0 Å². The zero-order valence-electron chi connectivity index (χ0n) is 23.0. The summed E-state index contributed by atoms with van der Waals surface area (Å²) in [6.07, 6.45) is -1.70. The molecule has 6 heteroatoms. The van der Waals surface area contributed by atoms with Crippen LogP contribution in [-0.2, 0) is 54.9 Å². The first-order valence-corrected chi connectivity index (χ1v) is 14.0. The highest BCUT2D eigenvalue weighted by atomic mass is 16.7. The van der Waals surface area contributed by atoms with Crippen LogP contribution in [0.5, 0.6) is 0 Å². The van der Waals surface area contributed by atoms with Gasteiger partial charge in [-0.15, -0.1) is 0 Å². The highest BCUT2D eigenvalue weighted by Crippen LogP contribution is 2.32. The van der Waals surface area contributed by atoms with E-state index in [4.69, 9.17) is 23.7 Å². The van der Waals surface area contributed by atoms with Crippen molar-refractivity contribution in [2.24, 2.45) is 5.92 Å². The fourth-order valence-corrected chi connectivity index (χ4v) is 4.93. The molecular weight excluding hydrogens is 516 g/mol. The zero-order valence-corrected chi connectivity index (χ0v) is 23.0. The lowest BCUT2D eigenvalue weighted by atomic mass is 9.89. The summed E-state index contributed by atoms with van der Waals surface area (Å²) in [5, 5.41) is 0. The van der Waals surface area contributed by atoms with Crippen LogP contribution >= 0.6 is 0 Å². The van der Waals surface area contributed by atoms with Gasteiger partial charge in [0.15, 0.2) is 6.29 Å². The van der Waals surface area contributed by atoms with E-state index in [0.29, 0.717) is 26.4 Å². The summed E-state index contributed by atoms with van der Waals surface area (Å²) in [7, 11) is 0. The maximum absolute atomic E-state index is 12.8. The number of aldehydes is 1. The molecule has 0 aromatic heterocycles. The van der Waals surface area contributed by atoms with Crippen molar-refractivity contribution in [1.29, 1.82) is 0 Å². The van der Waals surface area contributed by atoms with Gasteiger partial charge in [-0.2, -0.15) is 0 Å². The van der Waals surface area contributed by atoms with Crippen LogP contribution in [0.15, 0.2) is 121 Å². The lowest BCUT2D eigenvalue weighted by Gasteiger charge is -2.44. The lowest BCUT2D eigenvalue weighted by molar-refractivity contribution is -0.307. The Bertz CT molecular complexity index is 1290. The summed E-state index contributed by atoms with van der Waals surface area (Å²) < 4.78 is 31.7. The minimum absolute atomic E-state index is 0.231. The van der Waals surface area contributed by atoms with E-state index in [0.717, 1.165) is 28.5 Å². The Hall–Kier alpha value is -3.65. The molecule has 4 aromatic rings. The third kappa shape index (κ3) is 8.43. The molecular formula is C35H36O6. The van der Waals surface area contributed by atoms with Crippen molar-refractivity contribution in [3.63, 3.8) is 0 Å². The maximum atomic E-state index is 12.8. The predicted molar refractivity (Wildman–Crippen MR) is 156 cm³/mol. The second kappa shape index (κ2) is 15.4. The van der Waals surface area contributed by atoms with Crippen LogP contribution in [0.1, 0.15) is 22.3 Å². The summed E-state index contributed by atoms with van der Waals surface area (Å²) in [6.45, 7) is 1.60. The van der Waals surface area contributed by atoms with Gasteiger partial charge < -0.3 is 28.5 Å². The van der Waals surface area contributed by atoms with Crippen molar-refractivity contribution in [2.45, 2.75) is 51.0 Å². The monoisotopic (exact) mass is 552 g/mol. The van der Waals surface area contributed by atoms with Crippen molar-refractivity contribution in [2.75, 3.05) is 6.61 Å². The maximum Gasteiger partial charge on any atom is 0.185 e. The van der Waals surface area contributed by atoms with Crippen LogP contribution in [0, 0.1) is 5.92 Å². The molecule has 0 N–H and O–H groups in total. The number of hydrogen-bond acceptors (Lipinski definition) is 6. The van der Waals surface area contributed by atoms with E-state index in [-0.39, 0.29) is 6.61 Å². The first-order chi connectivity index (χ1) is 20.3. The van der Waals surface area contributed by atoms with E-state index in [1.165, 1.54) is 0 Å². The van der Waals surface area contributed by atoms with Crippen LogP contribution < -0.4 is 0 Å². The van der Waals surface area contributed by atoms with Crippen molar-refractivity contribution in [3.8, 4) is 0 Å². The number of rotatable bonds is 14. The molecule has 0 amide bonds. The van der Waals surface area contributed by atoms with Crippen molar-refractivity contribution >= 4 is 6.29 Å². The molecule has 5 atom stereocenters. The topological polar surface area (TPSA) is 63.2 Å². The van der Waals surface area contributed by atoms with Crippen molar-refractivity contribution < 1.29 is 28.5 Å². The fraction of sp³-hybridized carbons (Fsp3) is 0.286. The quantitative estimate of drug-likeness (QED) is 0.175. The molecule has 0 bridgehead atoms. The highest BCUT2D eigenvalue weighted by molar-refractivity contribution is 5.56. The first-order valence-electron chi connectivity index (χ1n) is 14.0. The third-order valence-corrected chi connectivity index (χ3v) is 7.08. The van der Waals surface area contributed by atoms with Gasteiger partial charge in [0.2, 0.25) is 0 Å². The van der Waals surface area contributed by atoms with E-state index < -0.39 is 30.5 Å². The first kappa shape index (κ1) is 28.9. The molecule has 0 radical (unpaired) electrons. The molecule has 4 aromatic carbocycles. The highest BCUT2D eigenvalue weighted by Gasteiger charge is 2.48. The number of ether oxygens (including phenoxy) is 5. The van der Waals surface area contributed by atoms with E-state index in [2.05, 4.69) is 0 Å². The Morgan fingerprint density at radius 3 is 1.41 bits per heavy atom. The molecule has 1 saturated heterocycles. The Morgan fingerprint density at radius 1 is 0.537 bits per heavy atom. The van der Waals surface area contributed by atoms with Gasteiger partial charge >= 0.3 is 0 Å². The Balaban J connectivity index is 1.36. The van der Waals surface area contributed by atoms with Gasteiger partial charge in [-0.25, -0.2) is 0 Å². The van der Waals surface area contributed by atoms with Gasteiger partial charge in [0.25, 0.3) is 0 Å². The average molecular weight is 553 g/mol. The predicted octanol–water partition coefficient (Wildman–Crippen LogP) is 6.13. The van der Waals surface area contributed by atoms with E-state index in [9.17, 15) is 4.79 Å². The summed E-state index contributed by atoms with van der Waals surface area (Å²) in [6, 6.07) is 39.6. The van der Waals surface area contributed by atoms with Crippen LogP contribution in [0.4, 0.5) is 0 Å². The van der Waals surface area contributed by atoms with Gasteiger partial charge in [0.05, 0.1) is 45.1 Å². The van der Waals surface area contributed by atoms with Crippen molar-refractivity contribution in [3.05, 3.63) is 144 Å². The number of carbonyl (C=O) groups is 1. The molecule has 6 nitrogen and oxygen atoms in total. The molecule has 1 aliphatic rings. The van der Waals surface area contributed by atoms with Crippen LogP contribution in [0.2, 0.25) is 0 Å². The Labute approximate surface area is 241 Å². The molecule has 5 rings (SSSR count). The number of carbonyl (C=O) groups excluding carboxylic acids is 1. The largest absolute Gasteiger partial charge is 0.374 e. The summed E-state index contributed by atoms with van der Waals surface area (Å²) in [5.41, 5.74) is 4.05.